The molecule has 0 heteroatoms. The molecule has 0 bridgehead atoms. The molecule has 3 atom stereocenters. The highest BCUT2D eigenvalue weighted by molar-refractivity contribution is 4.98. The predicted octanol–water partition coefficient (Wildman–Crippen LogP) is 5.03. The summed E-state index contributed by atoms with van der Waals surface area (Å²) in [6.45, 7) is 9.50. The van der Waals surface area contributed by atoms with Gasteiger partial charge in [0.2, 0.25) is 0 Å². The van der Waals surface area contributed by atoms with Gasteiger partial charge in [0.05, 0.1) is 0 Å². The van der Waals surface area contributed by atoms with Crippen LogP contribution in [-0.2, 0) is 0 Å². The van der Waals surface area contributed by atoms with Gasteiger partial charge in [0.25, 0.3) is 0 Å². The van der Waals surface area contributed by atoms with Gasteiger partial charge >= 0.3 is 0 Å². The van der Waals surface area contributed by atoms with Crippen molar-refractivity contribution in [2.24, 2.45) is 17.3 Å². The lowest BCUT2D eigenvalue weighted by Crippen LogP contribution is -2.04. The zero-order valence-corrected chi connectivity index (χ0v) is 10.6. The Labute approximate surface area is 90.5 Å². The zero-order chi connectivity index (χ0) is 10.6. The van der Waals surface area contributed by atoms with Crippen LogP contribution in [0.4, 0.5) is 0 Å². The van der Waals surface area contributed by atoms with Gasteiger partial charge in [0.1, 0.15) is 0 Å². The number of rotatable bonds is 7. The molecule has 1 aliphatic carbocycles. The highest BCUT2D eigenvalue weighted by Crippen LogP contribution is 2.57. The Kier molecular flexibility index (Phi) is 4.47. The lowest BCUT2D eigenvalue weighted by atomic mass is 9.90. The number of hydrogen-bond donors (Lipinski definition) is 0. The van der Waals surface area contributed by atoms with Crippen LogP contribution in [-0.4, -0.2) is 0 Å². The molecule has 0 aromatic heterocycles. The maximum Gasteiger partial charge on any atom is -0.0297 e. The molecule has 0 aromatic carbocycles. The molecule has 1 fully saturated rings. The highest BCUT2D eigenvalue weighted by atomic mass is 14.5. The van der Waals surface area contributed by atoms with Crippen molar-refractivity contribution in [1.82, 2.24) is 0 Å². The number of unbranched alkanes of at least 4 members (excludes halogenated alkanes) is 1. The summed E-state index contributed by atoms with van der Waals surface area (Å²) < 4.78 is 0. The Morgan fingerprint density at radius 3 is 2.43 bits per heavy atom. The third kappa shape index (κ3) is 3.00. The molecule has 0 aliphatic heterocycles. The van der Waals surface area contributed by atoms with Gasteiger partial charge in [-0.15, -0.1) is 0 Å². The Balaban J connectivity index is 2.22. The average Bonchev–Trinajstić information content (AvgIpc) is 2.85. The first kappa shape index (κ1) is 12.1. The summed E-state index contributed by atoms with van der Waals surface area (Å²) in [7, 11) is 0. The molecule has 0 saturated heterocycles. The van der Waals surface area contributed by atoms with Gasteiger partial charge in [-0.2, -0.15) is 0 Å². The minimum Gasteiger partial charge on any atom is -0.0654 e. The van der Waals surface area contributed by atoms with E-state index in [1.807, 2.05) is 0 Å². The first-order valence-corrected chi connectivity index (χ1v) is 6.66. The fourth-order valence-corrected chi connectivity index (χ4v) is 2.69. The lowest BCUT2D eigenvalue weighted by Gasteiger charge is -2.16. The Morgan fingerprint density at radius 1 is 1.29 bits per heavy atom. The van der Waals surface area contributed by atoms with E-state index in [4.69, 9.17) is 0 Å². The summed E-state index contributed by atoms with van der Waals surface area (Å²) in [4.78, 5) is 0. The van der Waals surface area contributed by atoms with E-state index < -0.39 is 0 Å². The van der Waals surface area contributed by atoms with E-state index >= 15 is 0 Å². The first-order valence-electron chi connectivity index (χ1n) is 6.66. The van der Waals surface area contributed by atoms with Gasteiger partial charge in [0.15, 0.2) is 0 Å². The van der Waals surface area contributed by atoms with Crippen molar-refractivity contribution >= 4 is 0 Å². The van der Waals surface area contributed by atoms with Crippen molar-refractivity contribution in [3.63, 3.8) is 0 Å². The van der Waals surface area contributed by atoms with Crippen LogP contribution >= 0.6 is 0 Å². The summed E-state index contributed by atoms with van der Waals surface area (Å²) in [5.74, 6) is 2.09. The molecule has 0 amide bonds. The van der Waals surface area contributed by atoms with Gasteiger partial charge in [0, 0.05) is 0 Å². The van der Waals surface area contributed by atoms with Crippen molar-refractivity contribution in [2.75, 3.05) is 0 Å². The van der Waals surface area contributed by atoms with Crippen LogP contribution in [0.5, 0.6) is 0 Å². The quantitative estimate of drug-likeness (QED) is 0.536. The van der Waals surface area contributed by atoms with Crippen molar-refractivity contribution in [2.45, 2.75) is 72.6 Å². The fourth-order valence-electron chi connectivity index (χ4n) is 2.69. The third-order valence-corrected chi connectivity index (χ3v) is 4.51. The molecular formula is C14H28. The molecular weight excluding hydrogens is 168 g/mol. The predicted molar refractivity (Wildman–Crippen MR) is 64.4 cm³/mol. The molecule has 1 saturated carbocycles. The summed E-state index contributed by atoms with van der Waals surface area (Å²) in [6.07, 6.45) is 10.1. The molecule has 1 aliphatic rings. The summed E-state index contributed by atoms with van der Waals surface area (Å²) in [6, 6.07) is 0. The molecule has 3 unspecified atom stereocenters. The molecule has 0 aromatic rings. The van der Waals surface area contributed by atoms with Gasteiger partial charge in [-0.1, -0.05) is 59.8 Å². The molecule has 1 rings (SSSR count). The zero-order valence-electron chi connectivity index (χ0n) is 10.6. The second-order valence-electron chi connectivity index (χ2n) is 5.56. The largest absolute Gasteiger partial charge is 0.0654 e. The highest BCUT2D eigenvalue weighted by Gasteiger charge is 2.48. The lowest BCUT2D eigenvalue weighted by molar-refractivity contribution is 0.358. The van der Waals surface area contributed by atoms with E-state index in [-0.39, 0.29) is 0 Å². The number of hydrogen-bond acceptors (Lipinski definition) is 0. The van der Waals surface area contributed by atoms with Crippen LogP contribution in [0.15, 0.2) is 0 Å². The second-order valence-corrected chi connectivity index (χ2v) is 5.56. The van der Waals surface area contributed by atoms with E-state index in [9.17, 15) is 0 Å². The van der Waals surface area contributed by atoms with Crippen LogP contribution in [0.25, 0.3) is 0 Å². The summed E-state index contributed by atoms with van der Waals surface area (Å²) in [5.41, 5.74) is 0.736. The standard InChI is InChI=1S/C14H28/c1-5-8-9-12(6-2)10-13-11-14(13,4)7-3/h12-13H,5-11H2,1-4H3. The molecule has 14 heavy (non-hydrogen) atoms. The van der Waals surface area contributed by atoms with E-state index in [1.54, 1.807) is 0 Å². The smallest absolute Gasteiger partial charge is 0.0297 e. The Morgan fingerprint density at radius 2 is 2.00 bits per heavy atom. The maximum absolute atomic E-state index is 2.48. The van der Waals surface area contributed by atoms with E-state index in [0.29, 0.717) is 0 Å². The normalized spacial score (nSPS) is 33.0. The summed E-state index contributed by atoms with van der Waals surface area (Å²) in [5, 5.41) is 0. The van der Waals surface area contributed by atoms with Crippen LogP contribution in [0, 0.1) is 17.3 Å². The van der Waals surface area contributed by atoms with Crippen LogP contribution in [0.3, 0.4) is 0 Å². The minimum atomic E-state index is 0.736. The van der Waals surface area contributed by atoms with E-state index in [2.05, 4.69) is 27.7 Å². The SMILES string of the molecule is CCCCC(CC)CC1CC1(C)CC. The van der Waals surface area contributed by atoms with Gasteiger partial charge in [-0.3, -0.25) is 0 Å². The Bertz CT molecular complexity index is 161. The molecule has 0 N–H and O–H groups in total. The third-order valence-electron chi connectivity index (χ3n) is 4.51. The molecule has 0 nitrogen and oxygen atoms in total. The molecule has 0 spiro atoms. The van der Waals surface area contributed by atoms with Crippen LogP contribution in [0.2, 0.25) is 0 Å². The Hall–Kier alpha value is 0. The molecule has 0 heterocycles. The van der Waals surface area contributed by atoms with Crippen molar-refractivity contribution < 1.29 is 0 Å². The van der Waals surface area contributed by atoms with Gasteiger partial charge < -0.3 is 0 Å². The molecule has 84 valence electrons. The topological polar surface area (TPSA) is 0 Å². The summed E-state index contributed by atoms with van der Waals surface area (Å²) >= 11 is 0. The van der Waals surface area contributed by atoms with Crippen molar-refractivity contribution in [3.05, 3.63) is 0 Å². The monoisotopic (exact) mass is 196 g/mol. The van der Waals surface area contributed by atoms with Gasteiger partial charge in [-0.25, -0.2) is 0 Å². The first-order chi connectivity index (χ1) is 6.66. The fraction of sp³-hybridized carbons (Fsp3) is 1.00. The van der Waals surface area contributed by atoms with Crippen LogP contribution < -0.4 is 0 Å². The maximum atomic E-state index is 2.48. The minimum absolute atomic E-state index is 0.736. The van der Waals surface area contributed by atoms with E-state index in [0.717, 1.165) is 17.3 Å². The van der Waals surface area contributed by atoms with Crippen molar-refractivity contribution in [3.8, 4) is 0 Å². The van der Waals surface area contributed by atoms with Gasteiger partial charge in [-0.05, 0) is 30.1 Å². The van der Waals surface area contributed by atoms with Crippen LogP contribution in [0.1, 0.15) is 72.6 Å². The van der Waals surface area contributed by atoms with E-state index in [1.165, 1.54) is 44.9 Å². The molecule has 0 radical (unpaired) electrons. The van der Waals surface area contributed by atoms with Crippen molar-refractivity contribution in [1.29, 1.82) is 0 Å². The second kappa shape index (κ2) is 5.19. The average molecular weight is 196 g/mol.